The van der Waals surface area contributed by atoms with Gasteiger partial charge in [-0.2, -0.15) is 10.5 Å². The van der Waals surface area contributed by atoms with Gasteiger partial charge in [0.25, 0.3) is 0 Å². The molecule has 6 heteroatoms. The highest BCUT2D eigenvalue weighted by atomic mass is 32.1. The summed E-state index contributed by atoms with van der Waals surface area (Å²) in [6.45, 7) is 0. The van der Waals surface area contributed by atoms with Crippen LogP contribution in [0, 0.1) is 22.7 Å². The first kappa shape index (κ1) is 49.5. The van der Waals surface area contributed by atoms with Gasteiger partial charge in [0, 0.05) is 63.6 Å². The number of fused-ring (bicyclic) bond motifs is 14. The Kier molecular flexibility index (Phi) is 11.4. The Morgan fingerprint density at radius 1 is 0.256 bits per heavy atom. The number of nitrogens with zero attached hydrogens (tertiary/aromatic N) is 4. The number of nitriles is 2. The maximum absolute atomic E-state index is 12.7. The molecule has 0 saturated carbocycles. The van der Waals surface area contributed by atoms with E-state index in [4.69, 9.17) is 0 Å². The SMILES string of the molecule is N#Cc1c(-c2cccc(-c3ccccc3)c2)c(C#N)c(-n2c3cc(-c4ccccc4)ccc3c3ccc4c5ccccc5sc4c32)c(-c2cccc(-c3ccccc3)c2)c1-n1c2cc(-c3ccccc3)ccc2c2ccc3c4ccccc4sc3c21. The fourth-order valence-electron chi connectivity index (χ4n) is 13.6. The summed E-state index contributed by atoms with van der Waals surface area (Å²) in [4.78, 5) is 0. The van der Waals surface area contributed by atoms with E-state index in [1.54, 1.807) is 22.7 Å². The molecule has 17 rings (SSSR count). The van der Waals surface area contributed by atoms with E-state index in [0.717, 1.165) is 125 Å². The Morgan fingerprint density at radius 3 is 0.988 bits per heavy atom. The zero-order valence-corrected chi connectivity index (χ0v) is 47.8. The van der Waals surface area contributed by atoms with Crippen LogP contribution in [0.15, 0.2) is 279 Å². The Labute approximate surface area is 503 Å². The molecule has 398 valence electrons. The molecule has 4 nitrogen and oxygen atoms in total. The van der Waals surface area contributed by atoms with Crippen LogP contribution in [0.3, 0.4) is 0 Å². The van der Waals surface area contributed by atoms with Gasteiger partial charge in [0.05, 0.1) is 54.0 Å². The summed E-state index contributed by atoms with van der Waals surface area (Å²) in [5.41, 5.74) is 17.4. The van der Waals surface area contributed by atoms with E-state index >= 15 is 0 Å². The van der Waals surface area contributed by atoms with Crippen molar-refractivity contribution >= 4 is 107 Å². The highest BCUT2D eigenvalue weighted by Gasteiger charge is 2.34. The average molecular weight is 1130 g/mol. The van der Waals surface area contributed by atoms with Gasteiger partial charge in [-0.3, -0.25) is 0 Å². The van der Waals surface area contributed by atoms with Crippen molar-refractivity contribution in [2.24, 2.45) is 0 Å². The third kappa shape index (κ3) is 7.58. The molecule has 0 aliphatic carbocycles. The second-order valence-electron chi connectivity index (χ2n) is 22.1. The number of aromatic nitrogens is 2. The quantitative estimate of drug-likeness (QED) is 0.152. The molecular weight excluding hydrogens is 1080 g/mol. The summed E-state index contributed by atoms with van der Waals surface area (Å²) in [6.07, 6.45) is 0. The first-order valence-corrected chi connectivity index (χ1v) is 30.5. The zero-order chi connectivity index (χ0) is 57.0. The van der Waals surface area contributed by atoms with Gasteiger partial charge in [0.2, 0.25) is 0 Å². The van der Waals surface area contributed by atoms with E-state index in [0.29, 0.717) is 28.1 Å². The molecule has 0 N–H and O–H groups in total. The van der Waals surface area contributed by atoms with Gasteiger partial charge in [-0.05, 0) is 92.0 Å². The van der Waals surface area contributed by atoms with Crippen LogP contribution < -0.4 is 0 Å². The van der Waals surface area contributed by atoms with Crippen molar-refractivity contribution < 1.29 is 0 Å². The van der Waals surface area contributed by atoms with Crippen molar-refractivity contribution in [3.63, 3.8) is 0 Å². The summed E-state index contributed by atoms with van der Waals surface area (Å²) in [7, 11) is 0. The third-order valence-electron chi connectivity index (χ3n) is 17.4. The van der Waals surface area contributed by atoms with Crippen molar-refractivity contribution in [2.75, 3.05) is 0 Å². The average Bonchev–Trinajstić information content (AvgIpc) is 1.54. The molecule has 0 unspecified atom stereocenters. The molecule has 17 aromatic rings. The maximum Gasteiger partial charge on any atom is 0.102 e. The number of benzene rings is 13. The van der Waals surface area contributed by atoms with Crippen LogP contribution in [0.25, 0.3) is 162 Å². The smallest absolute Gasteiger partial charge is 0.102 e. The lowest BCUT2D eigenvalue weighted by molar-refractivity contribution is 1.13. The minimum absolute atomic E-state index is 0.399. The van der Waals surface area contributed by atoms with Gasteiger partial charge in [-0.1, -0.05) is 243 Å². The molecule has 0 aliphatic rings. The van der Waals surface area contributed by atoms with E-state index in [9.17, 15) is 10.5 Å². The van der Waals surface area contributed by atoms with Gasteiger partial charge in [0.1, 0.15) is 12.1 Å². The van der Waals surface area contributed by atoms with Crippen LogP contribution in [0.2, 0.25) is 0 Å². The summed E-state index contributed by atoms with van der Waals surface area (Å²) in [6, 6.07) is 105. The monoisotopic (exact) mass is 1130 g/mol. The summed E-state index contributed by atoms with van der Waals surface area (Å²) < 4.78 is 9.43. The summed E-state index contributed by atoms with van der Waals surface area (Å²) in [5, 5.41) is 34.4. The molecule has 86 heavy (non-hydrogen) atoms. The van der Waals surface area contributed by atoms with Crippen LogP contribution >= 0.6 is 22.7 Å². The van der Waals surface area contributed by atoms with Crippen LogP contribution in [0.5, 0.6) is 0 Å². The van der Waals surface area contributed by atoms with Crippen molar-refractivity contribution in [1.29, 1.82) is 10.5 Å². The van der Waals surface area contributed by atoms with Crippen molar-refractivity contribution in [3.8, 4) is 90.3 Å². The van der Waals surface area contributed by atoms with Gasteiger partial charge >= 0.3 is 0 Å². The van der Waals surface area contributed by atoms with E-state index in [2.05, 4.69) is 294 Å². The van der Waals surface area contributed by atoms with E-state index in [1.165, 1.54) is 20.2 Å². The van der Waals surface area contributed by atoms with Gasteiger partial charge in [-0.15, -0.1) is 22.7 Å². The maximum atomic E-state index is 12.7. The molecular formula is C80H46N4S2. The first-order chi connectivity index (χ1) is 42.6. The highest BCUT2D eigenvalue weighted by Crippen LogP contribution is 2.53. The Bertz CT molecular complexity index is 5450. The molecule has 0 spiro atoms. The Balaban J connectivity index is 1.16. The second-order valence-corrected chi connectivity index (χ2v) is 24.2. The Hall–Kier alpha value is -11.1. The molecule has 0 saturated heterocycles. The molecule has 13 aromatic carbocycles. The van der Waals surface area contributed by atoms with Crippen molar-refractivity contribution in [3.05, 3.63) is 290 Å². The van der Waals surface area contributed by atoms with Crippen molar-refractivity contribution in [2.45, 2.75) is 0 Å². The fourth-order valence-corrected chi connectivity index (χ4v) is 16.0. The van der Waals surface area contributed by atoms with Crippen LogP contribution in [-0.4, -0.2) is 9.13 Å². The van der Waals surface area contributed by atoms with Crippen molar-refractivity contribution in [1.82, 2.24) is 9.13 Å². The van der Waals surface area contributed by atoms with Gasteiger partial charge in [-0.25, -0.2) is 0 Å². The second kappa shape index (κ2) is 19.8. The molecule has 4 aromatic heterocycles. The standard InChI is InChI=1S/C80H46N4S2/c81-47-67-73(57-29-17-27-53(43-57)49-19-5-1-6-20-49)68(48-82)76(84-70-46-56(52-25-11-4-12-26-52)36-38-60(70)64-40-42-66-62-32-14-16-34-72(62)86-80(66)78(64)84)74(58-30-18-28-54(44-58)50-21-7-2-8-22-50)75(67)83-69-45-55(51-23-9-3-10-24-51)35-37-59(69)63-39-41-65-61-31-13-15-33-71(61)85-79(65)77(63)83/h1-46H. The van der Waals surface area contributed by atoms with Gasteiger partial charge < -0.3 is 9.13 Å². The normalized spacial score (nSPS) is 11.7. The molecule has 0 atom stereocenters. The highest BCUT2D eigenvalue weighted by molar-refractivity contribution is 7.27. The summed E-state index contributed by atoms with van der Waals surface area (Å²) >= 11 is 3.57. The molecule has 0 fully saturated rings. The van der Waals surface area contributed by atoms with E-state index < -0.39 is 0 Å². The topological polar surface area (TPSA) is 57.4 Å². The number of thiophene rings is 2. The molecule has 0 radical (unpaired) electrons. The van der Waals surface area contributed by atoms with Crippen LogP contribution in [0.1, 0.15) is 11.1 Å². The summed E-state index contributed by atoms with van der Waals surface area (Å²) in [5.74, 6) is 0. The predicted molar refractivity (Wildman–Crippen MR) is 363 cm³/mol. The molecule has 0 aliphatic heterocycles. The Morgan fingerprint density at radius 2 is 0.581 bits per heavy atom. The fraction of sp³-hybridized carbons (Fsp3) is 0. The number of rotatable bonds is 8. The lowest BCUT2D eigenvalue weighted by Gasteiger charge is -2.26. The zero-order valence-electron chi connectivity index (χ0n) is 46.2. The van der Waals surface area contributed by atoms with E-state index in [-0.39, 0.29) is 0 Å². The minimum atomic E-state index is 0.399. The lowest BCUT2D eigenvalue weighted by Crippen LogP contribution is -2.11. The van der Waals surface area contributed by atoms with E-state index in [1.807, 2.05) is 6.07 Å². The molecule has 0 amide bonds. The number of hydrogen-bond acceptors (Lipinski definition) is 4. The largest absolute Gasteiger partial charge is 0.306 e. The van der Waals surface area contributed by atoms with Crippen LogP contribution in [-0.2, 0) is 0 Å². The lowest BCUT2D eigenvalue weighted by atomic mass is 9.85. The number of hydrogen-bond donors (Lipinski definition) is 0. The molecule has 0 bridgehead atoms. The van der Waals surface area contributed by atoms with Gasteiger partial charge in [0.15, 0.2) is 0 Å². The minimum Gasteiger partial charge on any atom is -0.306 e. The predicted octanol–water partition coefficient (Wildman–Crippen LogP) is 22.4. The first-order valence-electron chi connectivity index (χ1n) is 28.8. The molecule has 4 heterocycles. The third-order valence-corrected chi connectivity index (χ3v) is 19.8. The van der Waals surface area contributed by atoms with Crippen LogP contribution in [0.4, 0.5) is 0 Å².